The summed E-state index contributed by atoms with van der Waals surface area (Å²) in [5.41, 5.74) is 4.60. The fraction of sp³-hybridized carbons (Fsp3) is 0.385. The standard InChI is InChI=1S/C26H29F3N4O4/c1-16(2)36-11-12-37-24-10-8-18(15-31-24)21-14-23(35)33-25(32-21)19-13-17(5-3-4-6-22(30)34)7-9-20(19)26(27,28)29/h7-10,13-16H,3-6,11-12H2,1-2H3,(H2,30,34)(H,32,33,35). The summed E-state index contributed by atoms with van der Waals surface area (Å²) in [4.78, 5) is 34.2. The van der Waals surface area contributed by atoms with Gasteiger partial charge >= 0.3 is 6.18 Å². The molecule has 0 bridgehead atoms. The first-order valence-electron chi connectivity index (χ1n) is 11.8. The van der Waals surface area contributed by atoms with Crippen molar-refractivity contribution in [1.82, 2.24) is 15.0 Å². The Kier molecular flexibility index (Phi) is 9.40. The van der Waals surface area contributed by atoms with Crippen LogP contribution in [-0.2, 0) is 22.1 Å². The number of nitrogens with two attached hydrogens (primary N) is 1. The topological polar surface area (TPSA) is 120 Å². The lowest BCUT2D eigenvalue weighted by Crippen LogP contribution is -2.13. The average molecular weight is 519 g/mol. The highest BCUT2D eigenvalue weighted by molar-refractivity contribution is 5.73. The number of nitrogens with one attached hydrogen (secondary N) is 1. The Morgan fingerprint density at radius 3 is 2.54 bits per heavy atom. The number of unbranched alkanes of at least 4 members (excludes halogenated alkanes) is 1. The van der Waals surface area contributed by atoms with Crippen LogP contribution in [0.4, 0.5) is 13.2 Å². The number of amides is 1. The SMILES string of the molecule is CC(C)OCCOc1ccc(-c2cc(=O)[nH]c(-c3cc(CCCCC(N)=O)ccc3C(F)(F)F)n2)cn1. The van der Waals surface area contributed by atoms with E-state index in [9.17, 15) is 22.8 Å². The molecule has 37 heavy (non-hydrogen) atoms. The number of hydrogen-bond acceptors (Lipinski definition) is 6. The zero-order valence-electron chi connectivity index (χ0n) is 20.6. The van der Waals surface area contributed by atoms with Gasteiger partial charge in [0.1, 0.15) is 12.4 Å². The second-order valence-electron chi connectivity index (χ2n) is 8.68. The van der Waals surface area contributed by atoms with Crippen molar-refractivity contribution in [2.24, 2.45) is 5.73 Å². The third kappa shape index (κ3) is 8.42. The van der Waals surface area contributed by atoms with Gasteiger partial charge in [0.2, 0.25) is 11.8 Å². The quantitative estimate of drug-likeness (QED) is 0.340. The third-order valence-electron chi connectivity index (χ3n) is 5.34. The fourth-order valence-corrected chi connectivity index (χ4v) is 3.60. The predicted octanol–water partition coefficient (Wildman–Crippen LogP) is 4.52. The lowest BCUT2D eigenvalue weighted by atomic mass is 9.99. The number of H-pyrrole nitrogens is 1. The fourth-order valence-electron chi connectivity index (χ4n) is 3.60. The number of benzene rings is 1. The summed E-state index contributed by atoms with van der Waals surface area (Å²) in [5.74, 6) is -0.300. The largest absolute Gasteiger partial charge is 0.475 e. The van der Waals surface area contributed by atoms with Gasteiger partial charge in [-0.1, -0.05) is 6.07 Å². The molecule has 1 amide bonds. The van der Waals surface area contributed by atoms with Crippen molar-refractivity contribution in [2.75, 3.05) is 13.2 Å². The molecule has 0 saturated carbocycles. The minimum Gasteiger partial charge on any atom is -0.475 e. The number of aromatic nitrogens is 3. The number of rotatable bonds is 12. The Bertz CT molecular complexity index is 1260. The Balaban J connectivity index is 1.87. The molecule has 0 saturated heterocycles. The smallest absolute Gasteiger partial charge is 0.417 e. The van der Waals surface area contributed by atoms with Gasteiger partial charge in [-0.2, -0.15) is 13.2 Å². The molecule has 11 heteroatoms. The molecule has 3 aromatic rings. The van der Waals surface area contributed by atoms with E-state index < -0.39 is 23.2 Å². The number of aromatic amines is 1. The summed E-state index contributed by atoms with van der Waals surface area (Å²) in [5, 5.41) is 0. The minimum atomic E-state index is -4.66. The first-order chi connectivity index (χ1) is 17.5. The molecule has 3 N–H and O–H groups in total. The second-order valence-corrected chi connectivity index (χ2v) is 8.68. The van der Waals surface area contributed by atoms with Crippen LogP contribution in [-0.4, -0.2) is 40.2 Å². The number of hydrogen-bond donors (Lipinski definition) is 2. The normalized spacial score (nSPS) is 11.6. The van der Waals surface area contributed by atoms with E-state index in [1.165, 1.54) is 24.4 Å². The molecule has 0 aliphatic carbocycles. The molecule has 0 unspecified atom stereocenters. The summed E-state index contributed by atoms with van der Waals surface area (Å²) < 4.78 is 52.3. The molecule has 0 aliphatic heterocycles. The van der Waals surface area contributed by atoms with E-state index in [0.29, 0.717) is 49.5 Å². The van der Waals surface area contributed by atoms with Crippen LogP contribution in [0.2, 0.25) is 0 Å². The van der Waals surface area contributed by atoms with Crippen LogP contribution in [0, 0.1) is 0 Å². The van der Waals surface area contributed by atoms with Crippen molar-refractivity contribution in [3.05, 3.63) is 64.1 Å². The zero-order valence-corrected chi connectivity index (χ0v) is 20.6. The maximum absolute atomic E-state index is 13.8. The van der Waals surface area contributed by atoms with Crippen LogP contribution in [0.1, 0.15) is 44.2 Å². The third-order valence-corrected chi connectivity index (χ3v) is 5.34. The molecular weight excluding hydrogens is 489 g/mol. The number of aryl methyl sites for hydroxylation is 1. The van der Waals surface area contributed by atoms with Crippen molar-refractivity contribution in [1.29, 1.82) is 0 Å². The molecule has 0 atom stereocenters. The lowest BCUT2D eigenvalue weighted by molar-refractivity contribution is -0.137. The number of carbonyl (C=O) groups excluding carboxylic acids is 1. The van der Waals surface area contributed by atoms with Gasteiger partial charge in [0.05, 0.1) is 24.0 Å². The van der Waals surface area contributed by atoms with E-state index >= 15 is 0 Å². The summed E-state index contributed by atoms with van der Waals surface area (Å²) in [6.45, 7) is 4.52. The predicted molar refractivity (Wildman–Crippen MR) is 132 cm³/mol. The van der Waals surface area contributed by atoms with E-state index in [2.05, 4.69) is 15.0 Å². The van der Waals surface area contributed by atoms with Crippen LogP contribution in [0.3, 0.4) is 0 Å². The Labute approximate surface area is 212 Å². The number of primary amides is 1. The maximum Gasteiger partial charge on any atom is 0.417 e. The Hall–Kier alpha value is -3.73. The Morgan fingerprint density at radius 2 is 1.89 bits per heavy atom. The van der Waals surface area contributed by atoms with Crippen molar-refractivity contribution in [3.8, 4) is 28.5 Å². The van der Waals surface area contributed by atoms with Crippen LogP contribution in [0.15, 0.2) is 47.4 Å². The molecule has 1 aromatic carbocycles. The van der Waals surface area contributed by atoms with Gasteiger partial charge in [-0.25, -0.2) is 9.97 Å². The van der Waals surface area contributed by atoms with E-state index in [0.717, 1.165) is 6.07 Å². The van der Waals surface area contributed by atoms with E-state index in [-0.39, 0.29) is 29.6 Å². The van der Waals surface area contributed by atoms with Gasteiger partial charge in [0.15, 0.2) is 0 Å². The maximum atomic E-state index is 13.8. The zero-order chi connectivity index (χ0) is 27.0. The van der Waals surface area contributed by atoms with E-state index in [4.69, 9.17) is 15.2 Å². The number of alkyl halides is 3. The number of halogens is 3. The van der Waals surface area contributed by atoms with Crippen LogP contribution >= 0.6 is 0 Å². The molecule has 198 valence electrons. The van der Waals surface area contributed by atoms with Gasteiger partial charge in [-0.05, 0) is 56.9 Å². The van der Waals surface area contributed by atoms with Crippen molar-refractivity contribution < 1.29 is 27.4 Å². The highest BCUT2D eigenvalue weighted by Gasteiger charge is 2.34. The molecule has 3 rings (SSSR count). The number of pyridine rings is 1. The number of carbonyl (C=O) groups is 1. The summed E-state index contributed by atoms with van der Waals surface area (Å²) in [6, 6.07) is 8.12. The summed E-state index contributed by atoms with van der Waals surface area (Å²) in [7, 11) is 0. The highest BCUT2D eigenvalue weighted by Crippen LogP contribution is 2.37. The van der Waals surface area contributed by atoms with Gasteiger partial charge in [-0.3, -0.25) is 9.59 Å². The lowest BCUT2D eigenvalue weighted by Gasteiger charge is -2.15. The van der Waals surface area contributed by atoms with E-state index in [1.807, 2.05) is 13.8 Å². The monoisotopic (exact) mass is 518 g/mol. The summed E-state index contributed by atoms with van der Waals surface area (Å²) >= 11 is 0. The van der Waals surface area contributed by atoms with Gasteiger partial charge < -0.3 is 20.2 Å². The number of ether oxygens (including phenoxy) is 2. The van der Waals surface area contributed by atoms with Crippen LogP contribution in [0.5, 0.6) is 5.88 Å². The second kappa shape index (κ2) is 12.5. The number of nitrogens with zero attached hydrogens (tertiary/aromatic N) is 2. The van der Waals surface area contributed by atoms with Crippen molar-refractivity contribution in [2.45, 2.75) is 51.8 Å². The molecule has 2 aromatic heterocycles. The van der Waals surface area contributed by atoms with E-state index in [1.54, 1.807) is 12.1 Å². The summed E-state index contributed by atoms with van der Waals surface area (Å²) in [6.07, 6.45) is -1.41. The van der Waals surface area contributed by atoms with Crippen LogP contribution < -0.4 is 16.0 Å². The van der Waals surface area contributed by atoms with Gasteiger partial charge in [-0.15, -0.1) is 0 Å². The molecule has 8 nitrogen and oxygen atoms in total. The van der Waals surface area contributed by atoms with Gasteiger partial charge in [0.25, 0.3) is 5.56 Å². The molecule has 2 heterocycles. The highest BCUT2D eigenvalue weighted by atomic mass is 19.4. The average Bonchev–Trinajstić information content (AvgIpc) is 2.83. The first kappa shape index (κ1) is 27.9. The van der Waals surface area contributed by atoms with Crippen LogP contribution in [0.25, 0.3) is 22.6 Å². The molecule has 0 aliphatic rings. The van der Waals surface area contributed by atoms with Crippen molar-refractivity contribution >= 4 is 5.91 Å². The molecule has 0 radical (unpaired) electrons. The van der Waals surface area contributed by atoms with Gasteiger partial charge in [0, 0.05) is 35.9 Å². The Morgan fingerprint density at radius 1 is 1.11 bits per heavy atom. The molecule has 0 spiro atoms. The molecule has 0 fully saturated rings. The minimum absolute atomic E-state index is 0.0794. The first-order valence-corrected chi connectivity index (χ1v) is 11.8. The van der Waals surface area contributed by atoms with Crippen molar-refractivity contribution in [3.63, 3.8) is 0 Å². The molecular formula is C26H29F3N4O4.